The van der Waals surface area contributed by atoms with Crippen LogP contribution in [0.4, 0.5) is 68.2 Å². The van der Waals surface area contributed by atoms with Gasteiger partial charge in [-0.15, -0.1) is 0 Å². The summed E-state index contributed by atoms with van der Waals surface area (Å²) in [5, 5.41) is 9.36. The Labute approximate surface area is 518 Å². The Morgan fingerprint density at radius 3 is 0.830 bits per heavy atom. The molecule has 0 bridgehead atoms. The summed E-state index contributed by atoms with van der Waals surface area (Å²) in [5.41, 5.74) is 24.5. The average Bonchev–Trinajstić information content (AvgIpc) is 1.13. The highest BCUT2D eigenvalue weighted by Crippen LogP contribution is 2.54. The maximum atomic E-state index is 2.54. The van der Waals surface area contributed by atoms with Crippen LogP contribution in [0.25, 0.3) is 43.1 Å². The summed E-state index contributed by atoms with van der Waals surface area (Å²) < 4.78 is 0. The first-order valence-electron chi connectivity index (χ1n) is 30.7. The predicted octanol–water partition coefficient (Wildman–Crippen LogP) is 23.9. The molecular formula is C84H70N4. The number of anilines is 12. The quantitative estimate of drug-likeness (QED) is 0.0795. The van der Waals surface area contributed by atoms with Crippen molar-refractivity contribution in [3.05, 3.63) is 335 Å². The minimum Gasteiger partial charge on any atom is -0.309 e. The molecule has 0 aliphatic rings. The predicted molar refractivity (Wildman–Crippen MR) is 378 cm³/mol. The molecule has 0 unspecified atom stereocenters. The van der Waals surface area contributed by atoms with Crippen LogP contribution in [-0.2, 0) is 6.42 Å². The second kappa shape index (κ2) is 23.3. The fraction of sp³-hybridized carbons (Fsp3) is 0.0952. The molecule has 14 rings (SSSR count). The standard InChI is InChI=1S/C84H70N4/c1-56-25-20-32-65(48-56)85(66-33-21-26-57(2)49-66)81-71-37-10-12-39-73(71)82(74-40-13-11-38-72(74)81)86(67-34-22-27-58(3)50-67)69-36-24-31-63(54-69)53-64-47-60(5)52-70(55-64)88(80-46-19-9-30-62(80)7)84-77-43-16-14-41-75(77)83(76-42-15-17-44-78(76)84)87(68-35-23-28-59(4)51-68)79-45-18-8-29-61(79)6/h8-52,54-55H,53H2,1-7H3. The number of hydrogen-bond donors (Lipinski definition) is 0. The van der Waals surface area contributed by atoms with E-state index in [1.165, 1.54) is 93.2 Å². The van der Waals surface area contributed by atoms with Crippen LogP contribution in [0.5, 0.6) is 0 Å². The van der Waals surface area contributed by atoms with Crippen LogP contribution in [0.3, 0.4) is 0 Å². The summed E-state index contributed by atoms with van der Waals surface area (Å²) >= 11 is 0. The van der Waals surface area contributed by atoms with Crippen molar-refractivity contribution < 1.29 is 0 Å². The molecule has 4 nitrogen and oxygen atoms in total. The summed E-state index contributed by atoms with van der Waals surface area (Å²) in [7, 11) is 0. The number of hydrogen-bond acceptors (Lipinski definition) is 4. The number of para-hydroxylation sites is 2. The zero-order valence-electron chi connectivity index (χ0n) is 51.1. The van der Waals surface area contributed by atoms with E-state index in [9.17, 15) is 0 Å². The molecule has 0 aromatic heterocycles. The van der Waals surface area contributed by atoms with Crippen LogP contribution in [0.2, 0.25) is 0 Å². The second-order valence-electron chi connectivity index (χ2n) is 23.9. The van der Waals surface area contributed by atoms with Crippen LogP contribution in [0, 0.1) is 48.5 Å². The van der Waals surface area contributed by atoms with Gasteiger partial charge in [0.1, 0.15) is 0 Å². The first-order valence-corrected chi connectivity index (χ1v) is 30.7. The number of rotatable bonds is 14. The van der Waals surface area contributed by atoms with Gasteiger partial charge in [0.2, 0.25) is 0 Å². The maximum Gasteiger partial charge on any atom is 0.0620 e. The molecule has 0 aliphatic heterocycles. The third-order valence-corrected chi connectivity index (χ3v) is 17.4. The van der Waals surface area contributed by atoms with Gasteiger partial charge in [-0.05, 0) is 190 Å². The SMILES string of the molecule is Cc1cccc(N(c2cccc(C)c2)c2c3ccccc3c(N(c3cccc(C)c3)c3cccc(Cc4cc(C)cc(N(c5ccccc5C)c5c6ccccc6c(N(c6cccc(C)c6)c6ccccc6C)c6ccccc56)c4)c3)c3ccccc23)c1. The highest BCUT2D eigenvalue weighted by Gasteiger charge is 2.29. The normalized spacial score (nSPS) is 11.4. The van der Waals surface area contributed by atoms with Crippen LogP contribution in [0.15, 0.2) is 285 Å². The van der Waals surface area contributed by atoms with Crippen molar-refractivity contribution in [1.29, 1.82) is 0 Å². The third kappa shape index (κ3) is 10.3. The van der Waals surface area contributed by atoms with Crippen molar-refractivity contribution in [2.24, 2.45) is 0 Å². The molecular weight excluding hydrogens is 1060 g/mol. The summed E-state index contributed by atoms with van der Waals surface area (Å²) in [5.74, 6) is 0. The molecule has 0 radical (unpaired) electrons. The molecule has 0 heterocycles. The van der Waals surface area contributed by atoms with Gasteiger partial charge in [0, 0.05) is 88.6 Å². The molecule has 0 saturated carbocycles. The average molecular weight is 1140 g/mol. The first-order chi connectivity index (χ1) is 43.0. The molecule has 0 N–H and O–H groups in total. The fourth-order valence-electron chi connectivity index (χ4n) is 13.5. The topological polar surface area (TPSA) is 13.0 Å². The summed E-state index contributed by atoms with van der Waals surface area (Å²) in [6, 6.07) is 106. The Morgan fingerprint density at radius 2 is 0.477 bits per heavy atom. The zero-order chi connectivity index (χ0) is 60.0. The molecule has 0 fully saturated rings. The molecule has 14 aromatic carbocycles. The van der Waals surface area contributed by atoms with Crippen LogP contribution >= 0.6 is 0 Å². The van der Waals surface area contributed by atoms with Crippen molar-refractivity contribution >= 4 is 111 Å². The summed E-state index contributed by atoms with van der Waals surface area (Å²) in [6.07, 6.45) is 0.719. The molecule has 0 spiro atoms. The van der Waals surface area contributed by atoms with Gasteiger partial charge in [-0.3, -0.25) is 0 Å². The Morgan fingerprint density at radius 1 is 0.205 bits per heavy atom. The molecule has 4 heteroatoms. The Hall–Kier alpha value is -10.7. The van der Waals surface area contributed by atoms with Crippen molar-refractivity contribution in [3.8, 4) is 0 Å². The van der Waals surface area contributed by atoms with Crippen LogP contribution in [-0.4, -0.2) is 0 Å². The van der Waals surface area contributed by atoms with Crippen LogP contribution in [0.1, 0.15) is 50.1 Å². The summed E-state index contributed by atoms with van der Waals surface area (Å²) in [4.78, 5) is 10.0. The zero-order valence-corrected chi connectivity index (χ0v) is 51.1. The first kappa shape index (κ1) is 55.2. The maximum absolute atomic E-state index is 2.54. The lowest BCUT2D eigenvalue weighted by molar-refractivity contribution is 1.16. The van der Waals surface area contributed by atoms with Gasteiger partial charge in [0.25, 0.3) is 0 Å². The van der Waals surface area contributed by atoms with Crippen molar-refractivity contribution in [2.45, 2.75) is 54.9 Å². The number of benzene rings is 14. The minimum absolute atomic E-state index is 0.719. The highest BCUT2D eigenvalue weighted by molar-refractivity contribution is 6.25. The van der Waals surface area contributed by atoms with Gasteiger partial charge in [-0.1, -0.05) is 200 Å². The molecule has 14 aromatic rings. The van der Waals surface area contributed by atoms with Gasteiger partial charge in [-0.25, -0.2) is 0 Å². The Bertz CT molecular complexity index is 4820. The highest BCUT2D eigenvalue weighted by atomic mass is 15.2. The van der Waals surface area contributed by atoms with Gasteiger partial charge >= 0.3 is 0 Å². The lowest BCUT2D eigenvalue weighted by atomic mass is 9.94. The lowest BCUT2D eigenvalue weighted by Crippen LogP contribution is -2.16. The van der Waals surface area contributed by atoms with E-state index in [0.717, 1.165) is 74.7 Å². The van der Waals surface area contributed by atoms with Gasteiger partial charge in [-0.2, -0.15) is 0 Å². The van der Waals surface area contributed by atoms with E-state index in [1.807, 2.05) is 0 Å². The molecule has 0 aliphatic carbocycles. The summed E-state index contributed by atoms with van der Waals surface area (Å²) in [6.45, 7) is 15.4. The fourth-order valence-corrected chi connectivity index (χ4v) is 13.5. The van der Waals surface area contributed by atoms with Crippen molar-refractivity contribution in [3.63, 3.8) is 0 Å². The monoisotopic (exact) mass is 1130 g/mol. The van der Waals surface area contributed by atoms with E-state index in [2.05, 4.69) is 353 Å². The van der Waals surface area contributed by atoms with Crippen molar-refractivity contribution in [2.75, 3.05) is 19.6 Å². The number of nitrogens with zero attached hydrogens (tertiary/aromatic N) is 4. The minimum atomic E-state index is 0.719. The molecule has 426 valence electrons. The van der Waals surface area contributed by atoms with E-state index in [-0.39, 0.29) is 0 Å². The van der Waals surface area contributed by atoms with E-state index in [4.69, 9.17) is 0 Å². The smallest absolute Gasteiger partial charge is 0.0620 e. The van der Waals surface area contributed by atoms with Crippen molar-refractivity contribution in [1.82, 2.24) is 0 Å². The van der Waals surface area contributed by atoms with Gasteiger partial charge < -0.3 is 19.6 Å². The lowest BCUT2D eigenvalue weighted by Gasteiger charge is -2.34. The molecule has 0 atom stereocenters. The Balaban J connectivity index is 0.936. The van der Waals surface area contributed by atoms with E-state index >= 15 is 0 Å². The third-order valence-electron chi connectivity index (χ3n) is 17.4. The largest absolute Gasteiger partial charge is 0.309 e. The van der Waals surface area contributed by atoms with E-state index < -0.39 is 0 Å². The van der Waals surface area contributed by atoms with Gasteiger partial charge in [0.05, 0.1) is 22.7 Å². The molecule has 0 saturated heterocycles. The number of fused-ring (bicyclic) bond motifs is 4. The molecule has 88 heavy (non-hydrogen) atoms. The van der Waals surface area contributed by atoms with E-state index in [0.29, 0.717) is 0 Å². The van der Waals surface area contributed by atoms with Crippen LogP contribution < -0.4 is 19.6 Å². The number of aryl methyl sites for hydroxylation is 7. The van der Waals surface area contributed by atoms with Gasteiger partial charge in [0.15, 0.2) is 0 Å². The second-order valence-corrected chi connectivity index (χ2v) is 23.9. The molecule has 0 amide bonds. The Kier molecular flexibility index (Phi) is 14.6. The van der Waals surface area contributed by atoms with E-state index in [1.54, 1.807) is 0 Å².